The van der Waals surface area contributed by atoms with Crippen molar-refractivity contribution in [3.8, 4) is 16.9 Å². The Balaban J connectivity index is 1.37. The predicted molar refractivity (Wildman–Crippen MR) is 216 cm³/mol. The molecule has 1 aliphatic heterocycles. The number of rotatable bonds is 13. The van der Waals surface area contributed by atoms with Gasteiger partial charge in [-0.1, -0.05) is 78.9 Å². The summed E-state index contributed by atoms with van der Waals surface area (Å²) in [4.78, 5) is 71.2. The Morgan fingerprint density at radius 3 is 2.21 bits per heavy atom. The van der Waals surface area contributed by atoms with Crippen LogP contribution in [0.25, 0.3) is 22.1 Å². The van der Waals surface area contributed by atoms with E-state index in [1.807, 2.05) is 42.5 Å². The number of aliphatic hydroxyl groups is 1. The molecule has 6 aromatic rings. The van der Waals surface area contributed by atoms with Gasteiger partial charge in [0.15, 0.2) is 0 Å². The number of hydrogen-bond donors (Lipinski definition) is 2. The Hall–Kier alpha value is -7.05. The lowest BCUT2D eigenvalue weighted by atomic mass is 9.85. The molecule has 0 aliphatic carbocycles. The fraction of sp³-hybridized carbons (Fsp3) is 0.196. The van der Waals surface area contributed by atoms with Gasteiger partial charge in [0.25, 0.3) is 11.8 Å². The van der Waals surface area contributed by atoms with E-state index in [1.54, 1.807) is 91.9 Å². The molecule has 5 aromatic carbocycles. The lowest BCUT2D eigenvalue weighted by Gasteiger charge is -2.45. The number of esters is 2. The molecule has 58 heavy (non-hydrogen) atoms. The fourth-order valence-electron chi connectivity index (χ4n) is 7.02. The highest BCUT2D eigenvalue weighted by Crippen LogP contribution is 2.43. The number of ether oxygens (including phenoxy) is 3. The number of amides is 2. The van der Waals surface area contributed by atoms with E-state index < -0.39 is 59.6 Å². The lowest BCUT2D eigenvalue weighted by Crippen LogP contribution is -2.58. The number of aliphatic hydroxyl groups excluding tert-OH is 1. The van der Waals surface area contributed by atoms with Crippen LogP contribution in [-0.2, 0) is 14.3 Å². The minimum absolute atomic E-state index is 0.0328. The molecule has 294 valence electrons. The number of carbonyl (C=O) groups is 4. The molecule has 0 spiro atoms. The summed E-state index contributed by atoms with van der Waals surface area (Å²) in [6.07, 6.45) is -1.60. The second-order valence-electron chi connectivity index (χ2n) is 13.5. The van der Waals surface area contributed by atoms with Gasteiger partial charge in [0.05, 0.1) is 37.4 Å². The van der Waals surface area contributed by atoms with Crippen LogP contribution in [0.15, 0.2) is 143 Å². The van der Waals surface area contributed by atoms with Crippen molar-refractivity contribution in [1.29, 1.82) is 0 Å². The Morgan fingerprint density at radius 2 is 1.48 bits per heavy atom. The van der Waals surface area contributed by atoms with Crippen molar-refractivity contribution >= 4 is 40.4 Å². The highest BCUT2D eigenvalue weighted by molar-refractivity contribution is 6.08. The normalized spacial score (nSPS) is 15.9. The predicted octanol–water partition coefficient (Wildman–Crippen LogP) is 6.90. The molecular formula is C46H40N2O10. The molecule has 0 saturated carbocycles. The number of benzene rings is 5. The molecule has 0 saturated heterocycles. The van der Waals surface area contributed by atoms with Crippen LogP contribution in [0.3, 0.4) is 0 Å². The van der Waals surface area contributed by atoms with Gasteiger partial charge in [-0.3, -0.25) is 14.4 Å². The summed E-state index contributed by atoms with van der Waals surface area (Å²) in [5.41, 5.74) is 1.89. The minimum Gasteiger partial charge on any atom is -0.493 e. The molecular weight excluding hydrogens is 741 g/mol. The standard InChI is InChI=1S/C46H40N2O10/c1-2-55-40(50)28-38-42(58-46(54)36-26-33-16-9-10-17-39(33)57-45(36)53)41(47-43(51)31-20-18-30(19-21-31)29-12-5-3-6-13-29)35-27-34(56-25-11-24-49)22-23-37(35)48(38)44(52)32-14-7-4-8-15-32/h3-10,12-23,26-27,38,41-42,49H,2,11,24-25,28H2,1H3,(H,47,51)/t38-,41-,42-/m0/s1. The number of fused-ring (bicyclic) bond motifs is 2. The highest BCUT2D eigenvalue weighted by atomic mass is 16.6. The first kappa shape index (κ1) is 39.2. The average Bonchev–Trinajstić information content (AvgIpc) is 3.25. The molecule has 2 heterocycles. The lowest BCUT2D eigenvalue weighted by molar-refractivity contribution is -0.144. The van der Waals surface area contributed by atoms with Crippen molar-refractivity contribution in [3.05, 3.63) is 166 Å². The number of hydrogen-bond acceptors (Lipinski definition) is 10. The molecule has 1 aromatic heterocycles. The molecule has 1 aliphatic rings. The Morgan fingerprint density at radius 1 is 0.793 bits per heavy atom. The zero-order chi connectivity index (χ0) is 40.6. The van der Waals surface area contributed by atoms with Crippen LogP contribution in [-0.4, -0.2) is 60.8 Å². The van der Waals surface area contributed by atoms with E-state index in [0.29, 0.717) is 28.8 Å². The third-order valence-electron chi connectivity index (χ3n) is 9.77. The zero-order valence-electron chi connectivity index (χ0n) is 31.5. The fourth-order valence-corrected chi connectivity index (χ4v) is 7.02. The van der Waals surface area contributed by atoms with Crippen LogP contribution >= 0.6 is 0 Å². The van der Waals surface area contributed by atoms with Crippen LogP contribution < -0.4 is 20.6 Å². The largest absolute Gasteiger partial charge is 0.493 e. The molecule has 2 N–H and O–H groups in total. The SMILES string of the molecule is CCOC(=O)C[C@H]1[C@H](OC(=O)c2cc3ccccc3oc2=O)[C@@H](NC(=O)c2ccc(-c3ccccc3)cc2)c2cc(OCCCO)ccc2N1C(=O)c1ccccc1. The summed E-state index contributed by atoms with van der Waals surface area (Å²) in [5, 5.41) is 12.9. The summed E-state index contributed by atoms with van der Waals surface area (Å²) in [7, 11) is 0. The van der Waals surface area contributed by atoms with Crippen molar-refractivity contribution in [2.75, 3.05) is 24.7 Å². The van der Waals surface area contributed by atoms with E-state index in [4.69, 9.17) is 18.6 Å². The maximum Gasteiger partial charge on any atom is 0.351 e. The maximum absolute atomic E-state index is 14.6. The summed E-state index contributed by atoms with van der Waals surface area (Å²) < 4.78 is 23.0. The highest BCUT2D eigenvalue weighted by Gasteiger charge is 2.48. The third-order valence-corrected chi connectivity index (χ3v) is 9.77. The molecule has 12 nitrogen and oxygen atoms in total. The number of nitrogens with zero attached hydrogens (tertiary/aromatic N) is 1. The van der Waals surface area contributed by atoms with Crippen molar-refractivity contribution < 1.29 is 42.9 Å². The van der Waals surface area contributed by atoms with Crippen LogP contribution in [0.4, 0.5) is 5.69 Å². The van der Waals surface area contributed by atoms with Gasteiger partial charge in [-0.2, -0.15) is 0 Å². The van der Waals surface area contributed by atoms with Gasteiger partial charge in [-0.25, -0.2) is 9.59 Å². The molecule has 0 unspecified atom stereocenters. The van der Waals surface area contributed by atoms with Crippen LogP contribution in [0.5, 0.6) is 5.75 Å². The Labute approximate surface area is 333 Å². The number of anilines is 1. The first-order valence-electron chi connectivity index (χ1n) is 18.9. The van der Waals surface area contributed by atoms with Crippen molar-refractivity contribution in [3.63, 3.8) is 0 Å². The van der Waals surface area contributed by atoms with Gasteiger partial charge >= 0.3 is 17.6 Å². The van der Waals surface area contributed by atoms with E-state index in [1.165, 1.54) is 11.0 Å². The maximum atomic E-state index is 14.6. The Kier molecular flexibility index (Phi) is 12.0. The van der Waals surface area contributed by atoms with E-state index in [-0.39, 0.29) is 36.5 Å². The molecule has 12 heteroatoms. The summed E-state index contributed by atoms with van der Waals surface area (Å²) in [6.45, 7) is 1.73. The van der Waals surface area contributed by atoms with Gasteiger partial charge in [-0.15, -0.1) is 0 Å². The van der Waals surface area contributed by atoms with E-state index in [2.05, 4.69) is 5.32 Å². The monoisotopic (exact) mass is 780 g/mol. The summed E-state index contributed by atoms with van der Waals surface area (Å²) in [5.74, 6) is -2.53. The van der Waals surface area contributed by atoms with Crippen molar-refractivity contribution in [2.45, 2.75) is 38.0 Å². The second-order valence-corrected chi connectivity index (χ2v) is 13.5. The quantitative estimate of drug-likeness (QED) is 0.0717. The van der Waals surface area contributed by atoms with Crippen molar-refractivity contribution in [1.82, 2.24) is 5.32 Å². The van der Waals surface area contributed by atoms with E-state index in [0.717, 1.165) is 11.1 Å². The summed E-state index contributed by atoms with van der Waals surface area (Å²) in [6, 6.07) is 35.4. The molecule has 7 rings (SSSR count). The first-order chi connectivity index (χ1) is 28.2. The van der Waals surface area contributed by atoms with Crippen molar-refractivity contribution in [2.24, 2.45) is 0 Å². The topological polar surface area (TPSA) is 162 Å². The van der Waals surface area contributed by atoms with Gasteiger partial charge in [0, 0.05) is 35.1 Å². The third kappa shape index (κ3) is 8.52. The number of carbonyl (C=O) groups excluding carboxylic acids is 4. The van der Waals surface area contributed by atoms with E-state index in [9.17, 15) is 29.1 Å². The first-order valence-corrected chi connectivity index (χ1v) is 18.9. The minimum atomic E-state index is -1.48. The second kappa shape index (κ2) is 17.8. The molecule has 0 radical (unpaired) electrons. The van der Waals surface area contributed by atoms with Gasteiger partial charge in [0.2, 0.25) is 0 Å². The zero-order valence-corrected chi connectivity index (χ0v) is 31.5. The smallest absolute Gasteiger partial charge is 0.351 e. The van der Waals surface area contributed by atoms with Gasteiger partial charge in [-0.05, 0) is 72.6 Å². The van der Waals surface area contributed by atoms with Crippen LogP contribution in [0.2, 0.25) is 0 Å². The van der Waals surface area contributed by atoms with Gasteiger partial charge < -0.3 is 34.0 Å². The number of nitrogens with one attached hydrogen (secondary N) is 1. The number of para-hydroxylation sites is 1. The molecule has 2 amide bonds. The molecule has 0 bridgehead atoms. The molecule has 0 fully saturated rings. The summed E-state index contributed by atoms with van der Waals surface area (Å²) >= 11 is 0. The molecule has 3 atom stereocenters. The van der Waals surface area contributed by atoms with Gasteiger partial charge in [0.1, 0.15) is 23.0 Å². The average molecular weight is 781 g/mol. The van der Waals surface area contributed by atoms with Crippen LogP contribution in [0, 0.1) is 0 Å². The van der Waals surface area contributed by atoms with Crippen LogP contribution in [0.1, 0.15) is 62.4 Å². The Bertz CT molecular complexity index is 2480. The van der Waals surface area contributed by atoms with E-state index >= 15 is 0 Å².